The molecular weight excluding hydrogens is 333 g/mol. The van der Waals surface area contributed by atoms with Crippen molar-refractivity contribution in [1.29, 1.82) is 0 Å². The molecule has 5 nitrogen and oxygen atoms in total. The molecule has 0 spiro atoms. The minimum absolute atomic E-state index is 0.0161. The molecule has 6 heteroatoms. The van der Waals surface area contributed by atoms with Gasteiger partial charge in [0.15, 0.2) is 0 Å². The highest BCUT2D eigenvalue weighted by atomic mass is 19.1. The third kappa shape index (κ3) is 4.81. The van der Waals surface area contributed by atoms with Crippen molar-refractivity contribution < 1.29 is 14.0 Å². The standard InChI is InChI=1S/C20H22FN3O2/c21-17-6-8-18(9-7-17)23-10-12-24(13-11-23)20(26)15-22-19(25)14-16-4-2-1-3-5-16/h1-9H,10-15H2,(H,22,25). The molecule has 0 bridgehead atoms. The lowest BCUT2D eigenvalue weighted by Gasteiger charge is -2.36. The Bertz CT molecular complexity index is 741. The molecule has 0 saturated carbocycles. The molecule has 0 radical (unpaired) electrons. The van der Waals surface area contributed by atoms with Gasteiger partial charge >= 0.3 is 0 Å². The fraction of sp³-hybridized carbons (Fsp3) is 0.300. The monoisotopic (exact) mass is 355 g/mol. The minimum atomic E-state index is -0.256. The topological polar surface area (TPSA) is 52.7 Å². The Morgan fingerprint density at radius 1 is 0.923 bits per heavy atom. The number of amides is 2. The fourth-order valence-corrected chi connectivity index (χ4v) is 3.00. The maximum atomic E-state index is 13.0. The first kappa shape index (κ1) is 17.9. The van der Waals surface area contributed by atoms with Crippen LogP contribution in [0.3, 0.4) is 0 Å². The van der Waals surface area contributed by atoms with Gasteiger partial charge in [-0.15, -0.1) is 0 Å². The fourth-order valence-electron chi connectivity index (χ4n) is 3.00. The summed E-state index contributed by atoms with van der Waals surface area (Å²) < 4.78 is 13.0. The summed E-state index contributed by atoms with van der Waals surface area (Å²) in [6.07, 6.45) is 0.270. The van der Waals surface area contributed by atoms with E-state index < -0.39 is 0 Å². The predicted molar refractivity (Wildman–Crippen MR) is 98.3 cm³/mol. The molecule has 1 heterocycles. The van der Waals surface area contributed by atoms with Crippen LogP contribution in [-0.4, -0.2) is 49.4 Å². The highest BCUT2D eigenvalue weighted by Gasteiger charge is 2.21. The van der Waals surface area contributed by atoms with Gasteiger partial charge < -0.3 is 15.1 Å². The molecule has 26 heavy (non-hydrogen) atoms. The van der Waals surface area contributed by atoms with Crippen molar-refractivity contribution in [3.05, 3.63) is 66.0 Å². The van der Waals surface area contributed by atoms with Crippen LogP contribution in [0, 0.1) is 5.82 Å². The van der Waals surface area contributed by atoms with Crippen molar-refractivity contribution >= 4 is 17.5 Å². The summed E-state index contributed by atoms with van der Waals surface area (Å²) in [6, 6.07) is 15.8. The number of anilines is 1. The zero-order valence-corrected chi connectivity index (χ0v) is 14.5. The molecule has 0 aliphatic carbocycles. The molecule has 1 saturated heterocycles. The van der Waals surface area contributed by atoms with Crippen molar-refractivity contribution in [2.24, 2.45) is 0 Å². The Morgan fingerprint density at radius 3 is 2.23 bits per heavy atom. The maximum absolute atomic E-state index is 13.0. The van der Waals surface area contributed by atoms with Crippen LogP contribution in [0.4, 0.5) is 10.1 Å². The molecule has 136 valence electrons. The van der Waals surface area contributed by atoms with E-state index >= 15 is 0 Å². The van der Waals surface area contributed by atoms with Crippen LogP contribution in [-0.2, 0) is 16.0 Å². The minimum Gasteiger partial charge on any atom is -0.368 e. The Morgan fingerprint density at radius 2 is 1.58 bits per heavy atom. The number of hydrogen-bond donors (Lipinski definition) is 1. The second-order valence-electron chi connectivity index (χ2n) is 6.28. The van der Waals surface area contributed by atoms with Gasteiger partial charge in [0.05, 0.1) is 13.0 Å². The van der Waals surface area contributed by atoms with Gasteiger partial charge in [0.1, 0.15) is 5.82 Å². The van der Waals surface area contributed by atoms with Crippen LogP contribution in [0.15, 0.2) is 54.6 Å². The maximum Gasteiger partial charge on any atom is 0.242 e. The normalized spacial score (nSPS) is 14.2. The van der Waals surface area contributed by atoms with E-state index in [0.29, 0.717) is 26.2 Å². The Labute approximate surface area is 152 Å². The van der Waals surface area contributed by atoms with Crippen LogP contribution in [0.5, 0.6) is 0 Å². The van der Waals surface area contributed by atoms with Gasteiger partial charge in [-0.1, -0.05) is 30.3 Å². The lowest BCUT2D eigenvalue weighted by atomic mass is 10.1. The van der Waals surface area contributed by atoms with Crippen LogP contribution in [0.1, 0.15) is 5.56 Å². The molecule has 1 aliphatic heterocycles. The van der Waals surface area contributed by atoms with Gasteiger partial charge in [-0.3, -0.25) is 9.59 Å². The Kier molecular flexibility index (Phi) is 5.84. The van der Waals surface area contributed by atoms with Gasteiger partial charge in [-0.05, 0) is 29.8 Å². The summed E-state index contributed by atoms with van der Waals surface area (Å²) in [6.45, 7) is 2.57. The van der Waals surface area contributed by atoms with Crippen LogP contribution >= 0.6 is 0 Å². The van der Waals surface area contributed by atoms with Crippen LogP contribution < -0.4 is 10.2 Å². The molecular formula is C20H22FN3O2. The molecule has 3 rings (SSSR count). The van der Waals surface area contributed by atoms with Crippen molar-refractivity contribution in [3.8, 4) is 0 Å². The summed E-state index contributed by atoms with van der Waals surface area (Å²) in [5.41, 5.74) is 1.88. The van der Waals surface area contributed by atoms with Gasteiger partial charge in [0, 0.05) is 31.9 Å². The molecule has 0 aromatic heterocycles. The van der Waals surface area contributed by atoms with Crippen LogP contribution in [0.25, 0.3) is 0 Å². The summed E-state index contributed by atoms with van der Waals surface area (Å²) in [4.78, 5) is 28.1. The van der Waals surface area contributed by atoms with E-state index in [0.717, 1.165) is 11.3 Å². The van der Waals surface area contributed by atoms with E-state index in [1.807, 2.05) is 30.3 Å². The van der Waals surface area contributed by atoms with Gasteiger partial charge in [0.2, 0.25) is 11.8 Å². The Hall–Kier alpha value is -2.89. The number of piperazine rings is 1. The predicted octanol–water partition coefficient (Wildman–Crippen LogP) is 1.83. The van der Waals surface area contributed by atoms with Crippen molar-refractivity contribution in [2.45, 2.75) is 6.42 Å². The number of carbonyl (C=O) groups excluding carboxylic acids is 2. The number of benzene rings is 2. The molecule has 2 aromatic rings. The van der Waals surface area contributed by atoms with E-state index in [-0.39, 0.29) is 30.6 Å². The summed E-state index contributed by atoms with van der Waals surface area (Å²) in [5, 5.41) is 2.69. The molecule has 1 N–H and O–H groups in total. The SMILES string of the molecule is O=C(Cc1ccccc1)NCC(=O)N1CCN(c2ccc(F)cc2)CC1. The highest BCUT2D eigenvalue weighted by molar-refractivity contribution is 5.85. The summed E-state index contributed by atoms with van der Waals surface area (Å²) in [5.74, 6) is -0.492. The number of nitrogens with one attached hydrogen (secondary N) is 1. The summed E-state index contributed by atoms with van der Waals surface area (Å²) in [7, 11) is 0. The first-order chi connectivity index (χ1) is 12.6. The van der Waals surface area contributed by atoms with Crippen molar-refractivity contribution in [1.82, 2.24) is 10.2 Å². The van der Waals surface area contributed by atoms with Gasteiger partial charge in [0.25, 0.3) is 0 Å². The number of carbonyl (C=O) groups is 2. The first-order valence-electron chi connectivity index (χ1n) is 8.71. The van der Waals surface area contributed by atoms with E-state index in [2.05, 4.69) is 10.2 Å². The number of halogens is 1. The van der Waals surface area contributed by atoms with Crippen LogP contribution in [0.2, 0.25) is 0 Å². The van der Waals surface area contributed by atoms with Crippen molar-refractivity contribution in [2.75, 3.05) is 37.6 Å². The molecule has 1 fully saturated rings. The number of hydrogen-bond acceptors (Lipinski definition) is 3. The molecule has 2 aromatic carbocycles. The summed E-state index contributed by atoms with van der Waals surface area (Å²) >= 11 is 0. The third-order valence-corrected chi connectivity index (χ3v) is 4.47. The van der Waals surface area contributed by atoms with E-state index in [1.165, 1.54) is 12.1 Å². The number of rotatable bonds is 5. The average Bonchev–Trinajstić information content (AvgIpc) is 2.68. The molecule has 1 aliphatic rings. The van der Waals surface area contributed by atoms with Gasteiger partial charge in [-0.25, -0.2) is 4.39 Å². The average molecular weight is 355 g/mol. The van der Waals surface area contributed by atoms with E-state index in [9.17, 15) is 14.0 Å². The largest absolute Gasteiger partial charge is 0.368 e. The number of nitrogens with zero attached hydrogens (tertiary/aromatic N) is 2. The zero-order chi connectivity index (χ0) is 18.4. The molecule has 2 amide bonds. The van der Waals surface area contributed by atoms with E-state index in [4.69, 9.17) is 0 Å². The third-order valence-electron chi connectivity index (χ3n) is 4.47. The molecule has 0 unspecified atom stereocenters. The van der Waals surface area contributed by atoms with E-state index in [1.54, 1.807) is 17.0 Å². The quantitative estimate of drug-likeness (QED) is 0.890. The van der Waals surface area contributed by atoms with Crippen molar-refractivity contribution in [3.63, 3.8) is 0 Å². The molecule has 0 atom stereocenters. The highest BCUT2D eigenvalue weighted by Crippen LogP contribution is 2.16. The lowest BCUT2D eigenvalue weighted by molar-refractivity contribution is -0.133. The Balaban J connectivity index is 1.42. The second kappa shape index (κ2) is 8.47. The zero-order valence-electron chi connectivity index (χ0n) is 14.5. The lowest BCUT2D eigenvalue weighted by Crippen LogP contribution is -2.51. The second-order valence-corrected chi connectivity index (χ2v) is 6.28. The smallest absolute Gasteiger partial charge is 0.242 e. The first-order valence-corrected chi connectivity index (χ1v) is 8.71. The van der Waals surface area contributed by atoms with Gasteiger partial charge in [-0.2, -0.15) is 0 Å².